The van der Waals surface area contributed by atoms with Crippen LogP contribution in [0.3, 0.4) is 0 Å². The van der Waals surface area contributed by atoms with Crippen molar-refractivity contribution in [2.75, 3.05) is 145 Å². The van der Waals surface area contributed by atoms with Crippen molar-refractivity contribution in [1.82, 2.24) is 0 Å². The summed E-state index contributed by atoms with van der Waals surface area (Å²) in [6.07, 6.45) is 0. The maximum Gasteiger partial charge on any atom is 0.338 e. The summed E-state index contributed by atoms with van der Waals surface area (Å²) in [6.45, 7) is 15.4. The zero-order valence-electron chi connectivity index (χ0n) is 28.6. The van der Waals surface area contributed by atoms with E-state index in [1.54, 1.807) is 24.3 Å². The normalized spacial score (nSPS) is 11.7. The highest BCUT2D eigenvalue weighted by atomic mass is 16.6. The fourth-order valence-electron chi connectivity index (χ4n) is 3.39. The van der Waals surface area contributed by atoms with Crippen LogP contribution in [0.2, 0.25) is 0 Å². The number of aliphatic hydroxyl groups excluding tert-OH is 1. The Hall–Kier alpha value is -1.95. The molecule has 47 heavy (non-hydrogen) atoms. The Morgan fingerprint density at radius 2 is 0.745 bits per heavy atom. The summed E-state index contributed by atoms with van der Waals surface area (Å²) in [5.74, 6) is 0.298. The Bertz CT molecular complexity index is 819. The van der Waals surface area contributed by atoms with Gasteiger partial charge in [0.2, 0.25) is 0 Å². The zero-order chi connectivity index (χ0) is 34.1. The number of aliphatic hydroxyl groups is 1. The molecule has 1 N–H and O–H groups in total. The number of esters is 1. The van der Waals surface area contributed by atoms with Crippen LogP contribution in [0.5, 0.6) is 5.75 Å². The summed E-state index contributed by atoms with van der Waals surface area (Å²) in [6, 6.07) is 6.84. The van der Waals surface area contributed by atoms with E-state index in [2.05, 4.69) is 0 Å². The first-order chi connectivity index (χ1) is 22.9. The van der Waals surface area contributed by atoms with E-state index >= 15 is 0 Å². The molecular formula is C33H58O14. The van der Waals surface area contributed by atoms with Gasteiger partial charge in [0.25, 0.3) is 0 Å². The lowest BCUT2D eigenvalue weighted by molar-refractivity contribution is -0.0270. The van der Waals surface area contributed by atoms with Crippen LogP contribution in [-0.2, 0) is 52.1 Å². The van der Waals surface area contributed by atoms with Crippen molar-refractivity contribution in [2.24, 2.45) is 0 Å². The summed E-state index contributed by atoms with van der Waals surface area (Å²) in [5, 5.41) is 8.58. The second kappa shape index (κ2) is 31.3. The summed E-state index contributed by atoms with van der Waals surface area (Å²) in [5.41, 5.74) is -0.0483. The van der Waals surface area contributed by atoms with Gasteiger partial charge in [0.05, 0.1) is 144 Å². The van der Waals surface area contributed by atoms with Gasteiger partial charge in [-0.15, -0.1) is 0 Å². The Balaban J connectivity index is 1.72. The molecule has 0 bridgehead atoms. The molecule has 0 aromatic heterocycles. The Morgan fingerprint density at radius 3 is 1.02 bits per heavy atom. The number of carbonyl (C=O) groups excluding carboxylic acids is 1. The predicted molar refractivity (Wildman–Crippen MR) is 172 cm³/mol. The topological polar surface area (TPSA) is 148 Å². The van der Waals surface area contributed by atoms with E-state index in [0.717, 1.165) is 0 Å². The maximum atomic E-state index is 12.1. The summed E-state index contributed by atoms with van der Waals surface area (Å²) >= 11 is 0. The molecule has 0 amide bonds. The summed E-state index contributed by atoms with van der Waals surface area (Å²) in [7, 11) is 0. The highest BCUT2D eigenvalue weighted by molar-refractivity contribution is 5.89. The molecular weight excluding hydrogens is 620 g/mol. The molecule has 0 aliphatic rings. The fourth-order valence-corrected chi connectivity index (χ4v) is 3.39. The summed E-state index contributed by atoms with van der Waals surface area (Å²) < 4.78 is 65.1. The third-order valence-electron chi connectivity index (χ3n) is 5.57. The monoisotopic (exact) mass is 678 g/mol. The van der Waals surface area contributed by atoms with Crippen LogP contribution in [0.4, 0.5) is 0 Å². The quantitative estimate of drug-likeness (QED) is 0.0839. The number of rotatable bonds is 34. The van der Waals surface area contributed by atoms with Gasteiger partial charge in [-0.2, -0.15) is 0 Å². The van der Waals surface area contributed by atoms with Gasteiger partial charge >= 0.3 is 5.97 Å². The molecule has 1 aromatic carbocycles. The second-order valence-electron chi connectivity index (χ2n) is 10.7. The van der Waals surface area contributed by atoms with Crippen molar-refractivity contribution >= 4 is 5.97 Å². The molecule has 0 radical (unpaired) electrons. The molecule has 0 spiro atoms. The number of ether oxygens (including phenoxy) is 12. The van der Waals surface area contributed by atoms with Crippen molar-refractivity contribution in [3.63, 3.8) is 0 Å². The number of hydrogen-bond donors (Lipinski definition) is 1. The standard InChI is InChI=1S/C33H58O14/c1-33(2,3)47-32(35)30-4-6-31(7-5-30)46-29-28-45-27-26-44-25-24-43-23-22-42-21-20-41-19-18-40-17-16-39-15-14-38-13-12-37-11-10-36-9-8-34/h4-7,34H,8-29H2,1-3H3. The zero-order valence-corrected chi connectivity index (χ0v) is 28.6. The molecule has 1 aromatic rings. The third-order valence-corrected chi connectivity index (χ3v) is 5.57. The lowest BCUT2D eigenvalue weighted by Gasteiger charge is -2.19. The van der Waals surface area contributed by atoms with E-state index in [-0.39, 0.29) is 12.6 Å². The average Bonchev–Trinajstić information content (AvgIpc) is 3.04. The maximum absolute atomic E-state index is 12.1. The van der Waals surface area contributed by atoms with Crippen LogP contribution in [0.15, 0.2) is 24.3 Å². The van der Waals surface area contributed by atoms with Crippen LogP contribution in [0.25, 0.3) is 0 Å². The minimum absolute atomic E-state index is 0.0211. The highest BCUT2D eigenvalue weighted by Crippen LogP contribution is 2.16. The molecule has 0 aliphatic heterocycles. The smallest absolute Gasteiger partial charge is 0.338 e. The van der Waals surface area contributed by atoms with E-state index in [9.17, 15) is 4.79 Å². The molecule has 0 heterocycles. The Kier molecular flexibility index (Phi) is 28.7. The van der Waals surface area contributed by atoms with Gasteiger partial charge in [0.15, 0.2) is 0 Å². The van der Waals surface area contributed by atoms with Gasteiger partial charge in [-0.25, -0.2) is 4.79 Å². The van der Waals surface area contributed by atoms with E-state index in [0.29, 0.717) is 150 Å². The first kappa shape index (κ1) is 43.1. The van der Waals surface area contributed by atoms with Crippen LogP contribution in [0.1, 0.15) is 31.1 Å². The lowest BCUT2D eigenvalue weighted by atomic mass is 10.1. The largest absolute Gasteiger partial charge is 0.491 e. The van der Waals surface area contributed by atoms with Crippen LogP contribution < -0.4 is 4.74 Å². The molecule has 274 valence electrons. The van der Waals surface area contributed by atoms with Crippen molar-refractivity contribution in [3.8, 4) is 5.75 Å². The molecule has 0 aliphatic carbocycles. The molecule has 0 fully saturated rings. The Labute approximate surface area is 280 Å². The first-order valence-corrected chi connectivity index (χ1v) is 16.3. The van der Waals surface area contributed by atoms with Gasteiger partial charge in [-0.05, 0) is 45.0 Å². The number of hydrogen-bond acceptors (Lipinski definition) is 14. The molecule has 0 saturated heterocycles. The van der Waals surface area contributed by atoms with Crippen molar-refractivity contribution in [3.05, 3.63) is 29.8 Å². The molecule has 0 saturated carbocycles. The highest BCUT2D eigenvalue weighted by Gasteiger charge is 2.17. The van der Waals surface area contributed by atoms with E-state index in [1.807, 2.05) is 20.8 Å². The fraction of sp³-hybridized carbons (Fsp3) is 0.788. The van der Waals surface area contributed by atoms with Crippen LogP contribution in [0, 0.1) is 0 Å². The van der Waals surface area contributed by atoms with Crippen molar-refractivity contribution < 1.29 is 66.7 Å². The molecule has 1 rings (SSSR count). The van der Waals surface area contributed by atoms with Gasteiger partial charge in [0, 0.05) is 0 Å². The second-order valence-corrected chi connectivity index (χ2v) is 10.7. The van der Waals surface area contributed by atoms with Gasteiger partial charge in [-0.3, -0.25) is 0 Å². The van der Waals surface area contributed by atoms with Crippen molar-refractivity contribution in [1.29, 1.82) is 0 Å². The predicted octanol–water partition coefficient (Wildman–Crippen LogP) is 2.18. The van der Waals surface area contributed by atoms with E-state index in [1.165, 1.54) is 0 Å². The first-order valence-electron chi connectivity index (χ1n) is 16.3. The minimum atomic E-state index is -0.531. The summed E-state index contributed by atoms with van der Waals surface area (Å²) in [4.78, 5) is 12.1. The van der Waals surface area contributed by atoms with Gasteiger partial charge in [-0.1, -0.05) is 0 Å². The Morgan fingerprint density at radius 1 is 0.468 bits per heavy atom. The third kappa shape index (κ3) is 29.9. The van der Waals surface area contributed by atoms with Gasteiger partial charge < -0.3 is 61.9 Å². The van der Waals surface area contributed by atoms with Crippen LogP contribution in [-0.4, -0.2) is 162 Å². The lowest BCUT2D eigenvalue weighted by Crippen LogP contribution is -2.23. The van der Waals surface area contributed by atoms with E-state index < -0.39 is 5.60 Å². The van der Waals surface area contributed by atoms with E-state index in [4.69, 9.17) is 61.9 Å². The average molecular weight is 679 g/mol. The minimum Gasteiger partial charge on any atom is -0.491 e. The molecule has 14 nitrogen and oxygen atoms in total. The van der Waals surface area contributed by atoms with Crippen LogP contribution >= 0.6 is 0 Å². The SMILES string of the molecule is CC(C)(C)OC(=O)c1ccc(OCCOCCOCCOCCOCCOCCOCCOCCOCCOCCOCCO)cc1. The number of carbonyl (C=O) groups is 1. The molecule has 14 heteroatoms. The van der Waals surface area contributed by atoms with Crippen molar-refractivity contribution in [2.45, 2.75) is 26.4 Å². The number of benzene rings is 1. The molecule has 0 atom stereocenters. The van der Waals surface area contributed by atoms with Gasteiger partial charge in [0.1, 0.15) is 18.0 Å². The molecule has 0 unspecified atom stereocenters.